The molecule has 2 rings (SSSR count). The average Bonchev–Trinajstić information content (AvgIpc) is 2.66. The number of carbonyl (C=O) groups excluding carboxylic acids is 1. The normalized spacial score (nSPS) is 11.0. The van der Waals surface area contributed by atoms with Crippen molar-refractivity contribution >= 4 is 15.9 Å². The lowest BCUT2D eigenvalue weighted by atomic mass is 10.3. The number of amides is 1. The Hall–Kier alpha value is -2.58. The molecule has 0 heterocycles. The van der Waals surface area contributed by atoms with Gasteiger partial charge in [-0.25, -0.2) is 13.1 Å². The third kappa shape index (κ3) is 6.38. The summed E-state index contributed by atoms with van der Waals surface area (Å²) in [6.45, 7) is 0.548. The highest BCUT2D eigenvalue weighted by Crippen LogP contribution is 2.15. The van der Waals surface area contributed by atoms with Crippen LogP contribution in [0.4, 0.5) is 0 Å². The van der Waals surface area contributed by atoms with Gasteiger partial charge in [0.2, 0.25) is 15.9 Å². The molecule has 0 radical (unpaired) electrons. The molecule has 0 saturated heterocycles. The molecule has 0 unspecified atom stereocenters. The first-order chi connectivity index (χ1) is 12.5. The van der Waals surface area contributed by atoms with E-state index in [0.717, 1.165) is 0 Å². The molecule has 2 aromatic rings. The lowest BCUT2D eigenvalue weighted by molar-refractivity contribution is -0.121. The molecule has 2 aromatic carbocycles. The fourth-order valence-corrected chi connectivity index (χ4v) is 3.12. The molecular weight excluding hydrogens is 356 g/mol. The number of carbonyl (C=O) groups is 1. The monoisotopic (exact) mass is 378 g/mol. The van der Waals surface area contributed by atoms with Crippen LogP contribution in [0.1, 0.15) is 6.42 Å². The zero-order chi connectivity index (χ0) is 18.8. The van der Waals surface area contributed by atoms with Crippen molar-refractivity contribution in [1.29, 1.82) is 0 Å². The van der Waals surface area contributed by atoms with E-state index in [4.69, 9.17) is 9.47 Å². The van der Waals surface area contributed by atoms with E-state index >= 15 is 0 Å². The summed E-state index contributed by atoms with van der Waals surface area (Å²) in [5.41, 5.74) is 0. The van der Waals surface area contributed by atoms with Crippen molar-refractivity contribution in [2.24, 2.45) is 0 Å². The number of para-hydroxylation sites is 1. The lowest BCUT2D eigenvalue weighted by Crippen LogP contribution is -2.35. The Kier molecular flexibility index (Phi) is 7.43. The van der Waals surface area contributed by atoms with Gasteiger partial charge >= 0.3 is 0 Å². The van der Waals surface area contributed by atoms with Crippen LogP contribution in [0.5, 0.6) is 11.5 Å². The van der Waals surface area contributed by atoms with Gasteiger partial charge in [-0.1, -0.05) is 18.2 Å². The number of rotatable bonds is 10. The standard InChI is InChI=1S/C18H22N2O5S/c1-24-15-7-9-17(10-8-15)26(22,23)20-13-12-19-18(21)11-14-25-16-5-3-2-4-6-16/h2-10,20H,11-14H2,1H3,(H,19,21). The van der Waals surface area contributed by atoms with Gasteiger partial charge in [-0.2, -0.15) is 0 Å². The molecule has 7 nitrogen and oxygen atoms in total. The molecule has 26 heavy (non-hydrogen) atoms. The highest BCUT2D eigenvalue weighted by molar-refractivity contribution is 7.89. The van der Waals surface area contributed by atoms with Crippen LogP contribution in [-0.2, 0) is 14.8 Å². The molecule has 0 spiro atoms. The average molecular weight is 378 g/mol. The number of ether oxygens (including phenoxy) is 2. The first kappa shape index (κ1) is 19.7. The van der Waals surface area contributed by atoms with Crippen LogP contribution >= 0.6 is 0 Å². The number of hydrogen-bond donors (Lipinski definition) is 2. The van der Waals surface area contributed by atoms with Crippen LogP contribution in [-0.4, -0.2) is 41.1 Å². The molecular formula is C18H22N2O5S. The maximum atomic E-state index is 12.1. The fraction of sp³-hybridized carbons (Fsp3) is 0.278. The van der Waals surface area contributed by atoms with Gasteiger partial charge < -0.3 is 14.8 Å². The third-order valence-electron chi connectivity index (χ3n) is 3.45. The van der Waals surface area contributed by atoms with E-state index in [1.165, 1.54) is 19.2 Å². The van der Waals surface area contributed by atoms with Gasteiger partial charge in [-0.05, 0) is 36.4 Å². The smallest absolute Gasteiger partial charge is 0.240 e. The minimum atomic E-state index is -3.62. The number of benzene rings is 2. The zero-order valence-corrected chi connectivity index (χ0v) is 15.3. The lowest BCUT2D eigenvalue weighted by Gasteiger charge is -2.09. The van der Waals surface area contributed by atoms with Crippen molar-refractivity contribution in [1.82, 2.24) is 10.0 Å². The summed E-state index contributed by atoms with van der Waals surface area (Å²) in [7, 11) is -2.11. The van der Waals surface area contributed by atoms with E-state index in [1.807, 2.05) is 30.3 Å². The Morgan fingerprint density at radius 2 is 1.65 bits per heavy atom. The number of methoxy groups -OCH3 is 1. The van der Waals surface area contributed by atoms with Crippen molar-refractivity contribution in [3.05, 3.63) is 54.6 Å². The minimum Gasteiger partial charge on any atom is -0.497 e. The second-order valence-electron chi connectivity index (χ2n) is 5.33. The molecule has 2 N–H and O–H groups in total. The minimum absolute atomic E-state index is 0.0969. The summed E-state index contributed by atoms with van der Waals surface area (Å²) in [6, 6.07) is 15.3. The van der Waals surface area contributed by atoms with Crippen molar-refractivity contribution in [3.8, 4) is 11.5 Å². The molecule has 140 valence electrons. The molecule has 0 bridgehead atoms. The van der Waals surface area contributed by atoms with Crippen molar-refractivity contribution in [2.75, 3.05) is 26.8 Å². The Morgan fingerprint density at radius 3 is 2.31 bits per heavy atom. The second kappa shape index (κ2) is 9.79. The molecule has 0 saturated carbocycles. The van der Waals surface area contributed by atoms with Crippen molar-refractivity contribution in [2.45, 2.75) is 11.3 Å². The van der Waals surface area contributed by atoms with E-state index in [0.29, 0.717) is 11.5 Å². The van der Waals surface area contributed by atoms with Crippen molar-refractivity contribution in [3.63, 3.8) is 0 Å². The zero-order valence-electron chi connectivity index (χ0n) is 14.5. The molecule has 0 fully saturated rings. The predicted molar refractivity (Wildman–Crippen MR) is 97.7 cm³/mol. The van der Waals surface area contributed by atoms with E-state index in [1.54, 1.807) is 12.1 Å². The molecule has 1 amide bonds. The van der Waals surface area contributed by atoms with Gasteiger partial charge in [0.15, 0.2) is 0 Å². The Balaban J connectivity index is 1.66. The van der Waals surface area contributed by atoms with Crippen LogP contribution in [0.15, 0.2) is 59.5 Å². The topological polar surface area (TPSA) is 93.7 Å². The highest BCUT2D eigenvalue weighted by Gasteiger charge is 2.13. The van der Waals surface area contributed by atoms with Gasteiger partial charge in [0.1, 0.15) is 11.5 Å². The summed E-state index contributed by atoms with van der Waals surface area (Å²) >= 11 is 0. The van der Waals surface area contributed by atoms with Crippen LogP contribution in [0.2, 0.25) is 0 Å². The highest BCUT2D eigenvalue weighted by atomic mass is 32.2. The summed E-state index contributed by atoms with van der Waals surface area (Å²) < 4.78 is 37.1. The van der Waals surface area contributed by atoms with E-state index in [-0.39, 0.29) is 36.9 Å². The largest absolute Gasteiger partial charge is 0.497 e. The summed E-state index contributed by atoms with van der Waals surface area (Å²) in [5, 5.41) is 2.65. The van der Waals surface area contributed by atoms with Gasteiger partial charge in [-0.15, -0.1) is 0 Å². The summed E-state index contributed by atoms with van der Waals surface area (Å²) in [5.74, 6) is 1.08. The van der Waals surface area contributed by atoms with E-state index < -0.39 is 10.0 Å². The van der Waals surface area contributed by atoms with E-state index in [9.17, 15) is 13.2 Å². The van der Waals surface area contributed by atoms with Gasteiger partial charge in [0.05, 0.1) is 25.0 Å². The molecule has 0 aliphatic heterocycles. The van der Waals surface area contributed by atoms with Crippen molar-refractivity contribution < 1.29 is 22.7 Å². The van der Waals surface area contributed by atoms with Crippen LogP contribution in [0.3, 0.4) is 0 Å². The first-order valence-electron chi connectivity index (χ1n) is 8.09. The fourth-order valence-electron chi connectivity index (χ4n) is 2.09. The van der Waals surface area contributed by atoms with Gasteiger partial charge in [0.25, 0.3) is 0 Å². The SMILES string of the molecule is COc1ccc(S(=O)(=O)NCCNC(=O)CCOc2ccccc2)cc1. The quantitative estimate of drug-likeness (QED) is 0.612. The molecule has 0 aliphatic carbocycles. The van der Waals surface area contributed by atoms with Gasteiger partial charge in [0, 0.05) is 13.1 Å². The molecule has 8 heteroatoms. The first-order valence-corrected chi connectivity index (χ1v) is 9.58. The second-order valence-corrected chi connectivity index (χ2v) is 7.10. The van der Waals surface area contributed by atoms with Crippen LogP contribution in [0, 0.1) is 0 Å². The Bertz CT molecular complexity index is 792. The third-order valence-corrected chi connectivity index (χ3v) is 4.93. The van der Waals surface area contributed by atoms with E-state index in [2.05, 4.69) is 10.0 Å². The summed E-state index contributed by atoms with van der Waals surface area (Å²) in [4.78, 5) is 11.9. The molecule has 0 aliphatic rings. The number of sulfonamides is 1. The van der Waals surface area contributed by atoms with Crippen LogP contribution < -0.4 is 19.5 Å². The summed E-state index contributed by atoms with van der Waals surface area (Å²) in [6.07, 6.45) is 0.195. The maximum absolute atomic E-state index is 12.1. The molecule has 0 atom stereocenters. The number of hydrogen-bond acceptors (Lipinski definition) is 5. The maximum Gasteiger partial charge on any atom is 0.240 e. The Labute approximate surface area is 153 Å². The molecule has 0 aromatic heterocycles. The number of nitrogens with one attached hydrogen (secondary N) is 2. The van der Waals surface area contributed by atoms with Crippen LogP contribution in [0.25, 0.3) is 0 Å². The Morgan fingerprint density at radius 1 is 0.962 bits per heavy atom. The predicted octanol–water partition coefficient (Wildman–Crippen LogP) is 1.56. The van der Waals surface area contributed by atoms with Gasteiger partial charge in [-0.3, -0.25) is 4.79 Å².